The standard InChI is InChI=1S/C7H8O.C4H11N/c1-6-3-2-4-7(8)5-6;1-3-4-5-2/h2-5,8H,1H3;5H,3-4H2,1-2H3. The van der Waals surface area contributed by atoms with Gasteiger partial charge in [0.2, 0.25) is 0 Å². The number of aryl methyl sites for hydroxylation is 1. The lowest BCUT2D eigenvalue weighted by molar-refractivity contribution is 0.475. The van der Waals surface area contributed by atoms with Crippen LogP contribution in [0.1, 0.15) is 18.9 Å². The molecule has 0 saturated carbocycles. The van der Waals surface area contributed by atoms with Crippen LogP contribution in [0.15, 0.2) is 24.3 Å². The van der Waals surface area contributed by atoms with Crippen LogP contribution in [-0.2, 0) is 0 Å². The van der Waals surface area contributed by atoms with Crippen molar-refractivity contribution in [1.29, 1.82) is 0 Å². The Bertz CT molecular complexity index is 204. The normalized spacial score (nSPS) is 8.85. The monoisotopic (exact) mass is 181 g/mol. The van der Waals surface area contributed by atoms with E-state index in [0.717, 1.165) is 12.1 Å². The van der Waals surface area contributed by atoms with Gasteiger partial charge in [-0.05, 0) is 44.6 Å². The Balaban J connectivity index is 0.000000252. The van der Waals surface area contributed by atoms with E-state index in [1.807, 2.05) is 26.1 Å². The maximum absolute atomic E-state index is 8.81. The summed E-state index contributed by atoms with van der Waals surface area (Å²) in [5.74, 6) is 0.338. The third-order valence-electron chi connectivity index (χ3n) is 1.50. The van der Waals surface area contributed by atoms with E-state index in [0.29, 0.717) is 5.75 Å². The molecule has 1 rings (SSSR count). The molecule has 74 valence electrons. The zero-order valence-corrected chi connectivity index (χ0v) is 8.67. The molecule has 0 atom stereocenters. The predicted molar refractivity (Wildman–Crippen MR) is 57.1 cm³/mol. The number of nitrogens with one attached hydrogen (secondary N) is 1. The van der Waals surface area contributed by atoms with E-state index in [1.165, 1.54) is 6.42 Å². The maximum atomic E-state index is 8.81. The van der Waals surface area contributed by atoms with Crippen molar-refractivity contribution in [3.63, 3.8) is 0 Å². The smallest absolute Gasteiger partial charge is 0.115 e. The van der Waals surface area contributed by atoms with Crippen LogP contribution >= 0.6 is 0 Å². The minimum absolute atomic E-state index is 0.338. The molecule has 1 aromatic carbocycles. The molecule has 0 amide bonds. The molecule has 0 fully saturated rings. The van der Waals surface area contributed by atoms with Crippen molar-refractivity contribution in [3.05, 3.63) is 29.8 Å². The zero-order valence-electron chi connectivity index (χ0n) is 8.67. The molecule has 1 aromatic rings. The molecule has 2 heteroatoms. The topological polar surface area (TPSA) is 32.3 Å². The zero-order chi connectivity index (χ0) is 10.1. The molecule has 2 N–H and O–H groups in total. The largest absolute Gasteiger partial charge is 0.508 e. The number of phenolic OH excluding ortho intramolecular Hbond substituents is 1. The van der Waals surface area contributed by atoms with Gasteiger partial charge >= 0.3 is 0 Å². The second kappa shape index (κ2) is 7.62. The van der Waals surface area contributed by atoms with Gasteiger partial charge in [-0.15, -0.1) is 0 Å². The highest BCUT2D eigenvalue weighted by Gasteiger charge is 1.83. The van der Waals surface area contributed by atoms with Crippen LogP contribution in [0, 0.1) is 6.92 Å². The lowest BCUT2D eigenvalue weighted by Gasteiger charge is -1.89. The fraction of sp³-hybridized carbons (Fsp3) is 0.455. The fourth-order valence-corrected chi connectivity index (χ4v) is 0.878. The molecule has 2 nitrogen and oxygen atoms in total. The number of hydrogen-bond donors (Lipinski definition) is 2. The molecule has 0 aliphatic heterocycles. The van der Waals surface area contributed by atoms with E-state index in [2.05, 4.69) is 12.2 Å². The lowest BCUT2D eigenvalue weighted by atomic mass is 10.2. The Morgan fingerprint density at radius 2 is 2.08 bits per heavy atom. The average Bonchev–Trinajstić information content (AvgIpc) is 2.06. The highest BCUT2D eigenvalue weighted by atomic mass is 16.3. The first kappa shape index (κ1) is 12.0. The third-order valence-corrected chi connectivity index (χ3v) is 1.50. The van der Waals surface area contributed by atoms with Crippen molar-refractivity contribution >= 4 is 0 Å². The number of hydrogen-bond acceptors (Lipinski definition) is 2. The summed E-state index contributed by atoms with van der Waals surface area (Å²) in [4.78, 5) is 0. The molecule has 0 bridgehead atoms. The van der Waals surface area contributed by atoms with Crippen LogP contribution in [0.4, 0.5) is 0 Å². The van der Waals surface area contributed by atoms with Crippen LogP contribution < -0.4 is 5.32 Å². The predicted octanol–water partition coefficient (Wildman–Crippen LogP) is 2.32. The summed E-state index contributed by atoms with van der Waals surface area (Å²) >= 11 is 0. The minimum Gasteiger partial charge on any atom is -0.508 e. The van der Waals surface area contributed by atoms with Crippen molar-refractivity contribution in [2.45, 2.75) is 20.3 Å². The second-order valence-corrected chi connectivity index (χ2v) is 2.94. The van der Waals surface area contributed by atoms with Gasteiger partial charge in [0.25, 0.3) is 0 Å². The minimum atomic E-state index is 0.338. The molecular weight excluding hydrogens is 162 g/mol. The Morgan fingerprint density at radius 3 is 2.31 bits per heavy atom. The van der Waals surface area contributed by atoms with Crippen molar-refractivity contribution in [2.75, 3.05) is 13.6 Å². The van der Waals surface area contributed by atoms with Crippen LogP contribution in [0.2, 0.25) is 0 Å². The summed E-state index contributed by atoms with van der Waals surface area (Å²) in [5.41, 5.74) is 1.09. The maximum Gasteiger partial charge on any atom is 0.115 e. The Kier molecular flexibility index (Phi) is 7.02. The molecule has 0 unspecified atom stereocenters. The van der Waals surface area contributed by atoms with Gasteiger partial charge in [-0.3, -0.25) is 0 Å². The van der Waals surface area contributed by atoms with Gasteiger partial charge in [-0.25, -0.2) is 0 Å². The summed E-state index contributed by atoms with van der Waals surface area (Å²) in [5, 5.41) is 11.8. The van der Waals surface area contributed by atoms with Gasteiger partial charge in [0.15, 0.2) is 0 Å². The van der Waals surface area contributed by atoms with Gasteiger partial charge in [-0.2, -0.15) is 0 Å². The number of benzene rings is 1. The number of rotatable bonds is 2. The lowest BCUT2D eigenvalue weighted by Crippen LogP contribution is -2.04. The molecule has 0 aliphatic carbocycles. The highest BCUT2D eigenvalue weighted by Crippen LogP contribution is 2.08. The first-order chi connectivity index (χ1) is 6.20. The third kappa shape index (κ3) is 7.34. The van der Waals surface area contributed by atoms with E-state index >= 15 is 0 Å². The molecule has 0 aliphatic rings. The van der Waals surface area contributed by atoms with E-state index in [-0.39, 0.29) is 0 Å². The van der Waals surface area contributed by atoms with Crippen LogP contribution in [0.5, 0.6) is 5.75 Å². The highest BCUT2D eigenvalue weighted by molar-refractivity contribution is 5.25. The van der Waals surface area contributed by atoms with E-state index in [4.69, 9.17) is 5.11 Å². The van der Waals surface area contributed by atoms with Gasteiger partial charge < -0.3 is 10.4 Å². The van der Waals surface area contributed by atoms with Crippen molar-refractivity contribution in [2.24, 2.45) is 0 Å². The molecule has 0 aromatic heterocycles. The van der Waals surface area contributed by atoms with Crippen LogP contribution in [0.25, 0.3) is 0 Å². The van der Waals surface area contributed by atoms with Gasteiger partial charge in [0.1, 0.15) is 5.75 Å². The Hall–Kier alpha value is -1.02. The number of phenols is 1. The molecule has 0 heterocycles. The van der Waals surface area contributed by atoms with E-state index in [1.54, 1.807) is 12.1 Å². The molecule has 0 radical (unpaired) electrons. The summed E-state index contributed by atoms with van der Waals surface area (Å²) in [7, 11) is 1.96. The van der Waals surface area contributed by atoms with Crippen molar-refractivity contribution in [3.8, 4) is 5.75 Å². The van der Waals surface area contributed by atoms with Gasteiger partial charge in [0.05, 0.1) is 0 Å². The van der Waals surface area contributed by atoms with Gasteiger partial charge in [-0.1, -0.05) is 19.1 Å². The van der Waals surface area contributed by atoms with E-state index < -0.39 is 0 Å². The van der Waals surface area contributed by atoms with Gasteiger partial charge in [0, 0.05) is 0 Å². The Labute approximate surface area is 80.6 Å². The summed E-state index contributed by atoms with van der Waals surface area (Å²) in [6, 6.07) is 7.15. The molecule has 0 saturated heterocycles. The number of aromatic hydroxyl groups is 1. The van der Waals surface area contributed by atoms with Crippen LogP contribution in [-0.4, -0.2) is 18.7 Å². The SMILES string of the molecule is CCCNC.Cc1cccc(O)c1. The molecule has 13 heavy (non-hydrogen) atoms. The summed E-state index contributed by atoms with van der Waals surface area (Å²) in [6.07, 6.45) is 1.23. The first-order valence-electron chi connectivity index (χ1n) is 4.61. The fourth-order valence-electron chi connectivity index (χ4n) is 0.878. The summed E-state index contributed by atoms with van der Waals surface area (Å²) in [6.45, 7) is 5.23. The second-order valence-electron chi connectivity index (χ2n) is 2.94. The quantitative estimate of drug-likeness (QED) is 0.734. The summed E-state index contributed by atoms with van der Waals surface area (Å²) < 4.78 is 0. The van der Waals surface area contributed by atoms with Crippen molar-refractivity contribution < 1.29 is 5.11 Å². The molecule has 0 spiro atoms. The first-order valence-corrected chi connectivity index (χ1v) is 4.61. The molecular formula is C11H19NO. The van der Waals surface area contributed by atoms with Crippen molar-refractivity contribution in [1.82, 2.24) is 5.32 Å². The average molecular weight is 181 g/mol. The van der Waals surface area contributed by atoms with Crippen LogP contribution in [0.3, 0.4) is 0 Å². The van der Waals surface area contributed by atoms with E-state index in [9.17, 15) is 0 Å². The Morgan fingerprint density at radius 1 is 1.38 bits per heavy atom.